The number of hydrogen-bond donors (Lipinski definition) is 1. The molecule has 2 nitrogen and oxygen atoms in total. The molecule has 0 heterocycles. The minimum Gasteiger partial charge on any atom is -0.478 e. The van der Waals surface area contributed by atoms with Gasteiger partial charge in [0.2, 0.25) is 0 Å². The summed E-state index contributed by atoms with van der Waals surface area (Å²) < 4.78 is 0.943. The molecule has 0 fully saturated rings. The Kier molecular flexibility index (Phi) is 2.56. The van der Waals surface area contributed by atoms with Gasteiger partial charge in [0, 0.05) is 4.47 Å². The molecule has 0 spiro atoms. The van der Waals surface area contributed by atoms with E-state index in [1.54, 1.807) is 12.1 Å². The Morgan fingerprint density at radius 3 is 2.44 bits per heavy atom. The van der Waals surface area contributed by atoms with Crippen molar-refractivity contribution in [3.63, 3.8) is 0 Å². The van der Waals surface area contributed by atoms with Gasteiger partial charge in [-0.25, -0.2) is 4.79 Å². The fourth-order valence-electron chi connectivity index (χ4n) is 2.22. The molecule has 0 aliphatic rings. The molecule has 0 aliphatic carbocycles. The summed E-state index contributed by atoms with van der Waals surface area (Å²) in [5.41, 5.74) is 0.332. The second kappa shape index (κ2) is 4.10. The van der Waals surface area contributed by atoms with E-state index in [-0.39, 0.29) is 0 Å². The molecule has 0 aromatic heterocycles. The highest BCUT2D eigenvalue weighted by molar-refractivity contribution is 9.10. The molecule has 0 saturated heterocycles. The Morgan fingerprint density at radius 1 is 0.944 bits per heavy atom. The van der Waals surface area contributed by atoms with Gasteiger partial charge in [-0.2, -0.15) is 0 Å². The van der Waals surface area contributed by atoms with E-state index in [0.29, 0.717) is 5.56 Å². The third-order valence-electron chi connectivity index (χ3n) is 3.07. The average molecular weight is 301 g/mol. The summed E-state index contributed by atoms with van der Waals surface area (Å²) in [6.45, 7) is 0. The molecular weight excluding hydrogens is 292 g/mol. The highest BCUT2D eigenvalue weighted by Crippen LogP contribution is 2.34. The number of aromatic carboxylic acids is 1. The zero-order valence-electron chi connectivity index (χ0n) is 9.35. The molecule has 3 heteroatoms. The van der Waals surface area contributed by atoms with Crippen molar-refractivity contribution in [1.82, 2.24) is 0 Å². The normalized spacial score (nSPS) is 10.9. The third-order valence-corrected chi connectivity index (χ3v) is 3.92. The zero-order valence-corrected chi connectivity index (χ0v) is 10.9. The fourth-order valence-corrected chi connectivity index (χ4v) is 2.93. The molecule has 3 aromatic carbocycles. The summed E-state index contributed by atoms with van der Waals surface area (Å²) in [7, 11) is 0. The van der Waals surface area contributed by atoms with Gasteiger partial charge in [0.1, 0.15) is 0 Å². The van der Waals surface area contributed by atoms with Crippen LogP contribution in [0.4, 0.5) is 0 Å². The summed E-state index contributed by atoms with van der Waals surface area (Å²) in [6, 6.07) is 15.2. The number of carboxylic acids is 1. The van der Waals surface area contributed by atoms with Crippen LogP contribution in [-0.4, -0.2) is 11.1 Å². The van der Waals surface area contributed by atoms with Crippen molar-refractivity contribution in [1.29, 1.82) is 0 Å². The lowest BCUT2D eigenvalue weighted by Gasteiger charge is -2.08. The quantitative estimate of drug-likeness (QED) is 0.674. The number of carbonyl (C=O) groups is 1. The van der Waals surface area contributed by atoms with Crippen molar-refractivity contribution in [3.8, 4) is 0 Å². The predicted molar refractivity (Wildman–Crippen MR) is 76.1 cm³/mol. The van der Waals surface area contributed by atoms with E-state index in [1.165, 1.54) is 0 Å². The summed E-state index contributed by atoms with van der Waals surface area (Å²) in [6.07, 6.45) is 0. The van der Waals surface area contributed by atoms with Crippen LogP contribution in [0.5, 0.6) is 0 Å². The lowest BCUT2D eigenvalue weighted by atomic mass is 10.00. The first kappa shape index (κ1) is 11.2. The van der Waals surface area contributed by atoms with Crippen molar-refractivity contribution in [3.05, 3.63) is 58.6 Å². The van der Waals surface area contributed by atoms with Crippen molar-refractivity contribution in [2.75, 3.05) is 0 Å². The lowest BCUT2D eigenvalue weighted by Crippen LogP contribution is -1.97. The Hall–Kier alpha value is -1.87. The van der Waals surface area contributed by atoms with E-state index < -0.39 is 5.97 Å². The van der Waals surface area contributed by atoms with E-state index in [4.69, 9.17) is 0 Å². The minimum atomic E-state index is -0.900. The number of hydrogen-bond acceptors (Lipinski definition) is 1. The van der Waals surface area contributed by atoms with Crippen LogP contribution in [0.25, 0.3) is 21.5 Å². The Morgan fingerprint density at radius 2 is 1.67 bits per heavy atom. The first-order chi connectivity index (χ1) is 8.68. The van der Waals surface area contributed by atoms with E-state index in [0.717, 1.165) is 26.0 Å². The number of benzene rings is 3. The molecule has 0 saturated carbocycles. The highest BCUT2D eigenvalue weighted by atomic mass is 79.9. The van der Waals surface area contributed by atoms with Crippen LogP contribution < -0.4 is 0 Å². The molecule has 0 radical (unpaired) electrons. The van der Waals surface area contributed by atoms with Gasteiger partial charge in [-0.05, 0) is 49.6 Å². The van der Waals surface area contributed by atoms with E-state index in [9.17, 15) is 9.90 Å². The zero-order chi connectivity index (χ0) is 12.7. The van der Waals surface area contributed by atoms with Crippen LogP contribution in [0.1, 0.15) is 10.4 Å². The number of rotatable bonds is 1. The van der Waals surface area contributed by atoms with Gasteiger partial charge in [-0.1, -0.05) is 36.4 Å². The molecule has 0 amide bonds. The van der Waals surface area contributed by atoms with Gasteiger partial charge < -0.3 is 5.11 Å². The second-order valence-electron chi connectivity index (χ2n) is 4.12. The van der Waals surface area contributed by atoms with Gasteiger partial charge in [-0.3, -0.25) is 0 Å². The van der Waals surface area contributed by atoms with Crippen LogP contribution in [0, 0.1) is 0 Å². The number of fused-ring (bicyclic) bond motifs is 2. The van der Waals surface area contributed by atoms with Gasteiger partial charge in [0.15, 0.2) is 0 Å². The Bertz CT molecular complexity index is 778. The summed E-state index contributed by atoms with van der Waals surface area (Å²) in [4.78, 5) is 11.2. The number of halogens is 1. The molecule has 18 heavy (non-hydrogen) atoms. The van der Waals surface area contributed by atoms with Crippen LogP contribution in [-0.2, 0) is 0 Å². The van der Waals surface area contributed by atoms with Crippen LogP contribution in [0.2, 0.25) is 0 Å². The Labute approximate surface area is 112 Å². The number of carboxylic acid groups (broad SMARTS) is 1. The van der Waals surface area contributed by atoms with Crippen molar-refractivity contribution in [2.24, 2.45) is 0 Å². The molecule has 3 aromatic rings. The Balaban J connectivity index is 2.55. The molecular formula is C15H9BrO2. The van der Waals surface area contributed by atoms with Crippen molar-refractivity contribution < 1.29 is 9.90 Å². The summed E-state index contributed by atoms with van der Waals surface area (Å²) in [5, 5.41) is 13.0. The minimum absolute atomic E-state index is 0.332. The van der Waals surface area contributed by atoms with E-state index >= 15 is 0 Å². The molecule has 88 valence electrons. The largest absolute Gasteiger partial charge is 0.478 e. The lowest BCUT2D eigenvalue weighted by molar-refractivity contribution is 0.0699. The first-order valence-corrected chi connectivity index (χ1v) is 6.31. The standard InChI is InChI=1S/C15H9BrO2/c16-14-10-5-2-1-4-9(10)8-13-11(14)6-3-7-12(13)15(17)18/h1-8H,(H,17,18). The highest BCUT2D eigenvalue weighted by Gasteiger charge is 2.11. The SMILES string of the molecule is O=C(O)c1cccc2c(Br)c3ccccc3cc12. The monoisotopic (exact) mass is 300 g/mol. The molecule has 3 rings (SSSR count). The van der Waals surface area contributed by atoms with Gasteiger partial charge >= 0.3 is 5.97 Å². The summed E-state index contributed by atoms with van der Waals surface area (Å²) >= 11 is 3.57. The first-order valence-electron chi connectivity index (χ1n) is 5.52. The van der Waals surface area contributed by atoms with Crippen LogP contribution in [0.3, 0.4) is 0 Å². The van der Waals surface area contributed by atoms with E-state index in [2.05, 4.69) is 15.9 Å². The van der Waals surface area contributed by atoms with Crippen LogP contribution in [0.15, 0.2) is 53.0 Å². The smallest absolute Gasteiger partial charge is 0.336 e. The maximum absolute atomic E-state index is 11.2. The third kappa shape index (κ3) is 1.59. The maximum atomic E-state index is 11.2. The fraction of sp³-hybridized carbons (Fsp3) is 0. The molecule has 1 N–H and O–H groups in total. The van der Waals surface area contributed by atoms with E-state index in [1.807, 2.05) is 36.4 Å². The van der Waals surface area contributed by atoms with Gasteiger partial charge in [0.25, 0.3) is 0 Å². The molecule has 0 aliphatic heterocycles. The molecule has 0 unspecified atom stereocenters. The van der Waals surface area contributed by atoms with Crippen molar-refractivity contribution >= 4 is 43.4 Å². The van der Waals surface area contributed by atoms with Gasteiger partial charge in [0.05, 0.1) is 5.56 Å². The summed E-state index contributed by atoms with van der Waals surface area (Å²) in [5.74, 6) is -0.900. The van der Waals surface area contributed by atoms with Crippen molar-refractivity contribution in [2.45, 2.75) is 0 Å². The second-order valence-corrected chi connectivity index (χ2v) is 4.91. The van der Waals surface area contributed by atoms with Gasteiger partial charge in [-0.15, -0.1) is 0 Å². The topological polar surface area (TPSA) is 37.3 Å². The van der Waals surface area contributed by atoms with Crippen LogP contribution >= 0.6 is 15.9 Å². The predicted octanol–water partition coefficient (Wildman–Crippen LogP) is 4.45. The maximum Gasteiger partial charge on any atom is 0.336 e. The average Bonchev–Trinajstić information content (AvgIpc) is 2.38. The molecule has 0 atom stereocenters. The molecule has 0 bridgehead atoms.